The first-order chi connectivity index (χ1) is 10.9. The molecule has 0 unspecified atom stereocenters. The normalized spacial score (nSPS) is 20.9. The van der Waals surface area contributed by atoms with Gasteiger partial charge in [0.2, 0.25) is 5.91 Å². The number of aromatic hydroxyl groups is 1. The van der Waals surface area contributed by atoms with E-state index in [1.54, 1.807) is 9.80 Å². The molecule has 5 nitrogen and oxygen atoms in total. The van der Waals surface area contributed by atoms with Crippen molar-refractivity contribution in [1.82, 2.24) is 9.80 Å². The molecule has 0 aliphatic carbocycles. The zero-order valence-electron chi connectivity index (χ0n) is 13.2. The van der Waals surface area contributed by atoms with Crippen LogP contribution in [0, 0.1) is 11.2 Å². The maximum Gasteiger partial charge on any atom is 0.253 e. The Bertz CT molecular complexity index is 639. The van der Waals surface area contributed by atoms with Gasteiger partial charge in [-0.3, -0.25) is 9.59 Å². The molecule has 2 aliphatic heterocycles. The van der Waals surface area contributed by atoms with Crippen LogP contribution in [0.4, 0.5) is 4.39 Å². The molecule has 2 amide bonds. The average Bonchev–Trinajstić information content (AvgIpc) is 2.54. The standard InChI is InChI=1S/C17H21FN2O3/c1-19-11-17(5-4-15(19)22)6-8-20(9-7-17)16(23)12-2-3-14(21)13(18)10-12/h2-3,10,21H,4-9,11H2,1H3. The number of benzene rings is 1. The van der Waals surface area contributed by atoms with Crippen LogP contribution in [-0.4, -0.2) is 53.4 Å². The highest BCUT2D eigenvalue weighted by Gasteiger charge is 2.40. The molecule has 1 spiro atoms. The van der Waals surface area contributed by atoms with Crippen molar-refractivity contribution in [3.05, 3.63) is 29.6 Å². The van der Waals surface area contributed by atoms with Crippen molar-refractivity contribution in [2.24, 2.45) is 5.41 Å². The molecule has 1 aromatic rings. The van der Waals surface area contributed by atoms with E-state index in [-0.39, 0.29) is 22.8 Å². The van der Waals surface area contributed by atoms with E-state index in [4.69, 9.17) is 0 Å². The minimum atomic E-state index is -0.781. The number of carbonyl (C=O) groups is 2. The number of amides is 2. The minimum Gasteiger partial charge on any atom is -0.505 e. The highest BCUT2D eigenvalue weighted by Crippen LogP contribution is 2.40. The molecule has 0 radical (unpaired) electrons. The van der Waals surface area contributed by atoms with E-state index in [0.29, 0.717) is 19.5 Å². The Morgan fingerprint density at radius 3 is 2.57 bits per heavy atom. The summed E-state index contributed by atoms with van der Waals surface area (Å²) in [5.74, 6) is -1.25. The number of carbonyl (C=O) groups excluding carboxylic acids is 2. The molecule has 6 heteroatoms. The fourth-order valence-electron chi connectivity index (χ4n) is 3.65. The molecule has 0 atom stereocenters. The van der Waals surface area contributed by atoms with E-state index in [1.165, 1.54) is 12.1 Å². The third-order valence-electron chi connectivity index (χ3n) is 5.17. The lowest BCUT2D eigenvalue weighted by Gasteiger charge is -2.46. The van der Waals surface area contributed by atoms with Gasteiger partial charge < -0.3 is 14.9 Å². The Morgan fingerprint density at radius 1 is 1.26 bits per heavy atom. The van der Waals surface area contributed by atoms with Crippen LogP contribution in [0.3, 0.4) is 0 Å². The van der Waals surface area contributed by atoms with E-state index < -0.39 is 11.6 Å². The van der Waals surface area contributed by atoms with Crippen LogP contribution in [0.1, 0.15) is 36.0 Å². The van der Waals surface area contributed by atoms with Crippen LogP contribution in [0.5, 0.6) is 5.75 Å². The molecule has 2 aliphatic rings. The summed E-state index contributed by atoms with van der Waals surface area (Å²) < 4.78 is 13.4. The van der Waals surface area contributed by atoms with Crippen LogP contribution < -0.4 is 0 Å². The highest BCUT2D eigenvalue weighted by atomic mass is 19.1. The number of phenolic OH excluding ortho intramolecular Hbond substituents is 1. The van der Waals surface area contributed by atoms with Crippen molar-refractivity contribution >= 4 is 11.8 Å². The van der Waals surface area contributed by atoms with Gasteiger partial charge in [-0.25, -0.2) is 4.39 Å². The summed E-state index contributed by atoms with van der Waals surface area (Å²) >= 11 is 0. The van der Waals surface area contributed by atoms with Crippen molar-refractivity contribution in [1.29, 1.82) is 0 Å². The van der Waals surface area contributed by atoms with Gasteiger partial charge in [0, 0.05) is 38.7 Å². The van der Waals surface area contributed by atoms with Crippen LogP contribution in [0.25, 0.3) is 0 Å². The first-order valence-electron chi connectivity index (χ1n) is 7.92. The third kappa shape index (κ3) is 3.02. The Hall–Kier alpha value is -2.11. The smallest absolute Gasteiger partial charge is 0.253 e. The lowest BCUT2D eigenvalue weighted by molar-refractivity contribution is -0.137. The predicted octanol–water partition coefficient (Wildman–Crippen LogP) is 2.01. The zero-order valence-corrected chi connectivity index (χ0v) is 13.2. The molecule has 2 saturated heterocycles. The number of piperidine rings is 2. The quantitative estimate of drug-likeness (QED) is 0.861. The number of nitrogens with zero attached hydrogens (tertiary/aromatic N) is 2. The SMILES string of the molecule is CN1CC2(CCC1=O)CCN(C(=O)c1ccc(O)c(F)c1)CC2. The molecule has 3 rings (SSSR count). The van der Waals surface area contributed by atoms with Gasteiger partial charge in [-0.2, -0.15) is 0 Å². The van der Waals surface area contributed by atoms with Crippen LogP contribution in [-0.2, 0) is 4.79 Å². The fourth-order valence-corrected chi connectivity index (χ4v) is 3.65. The first kappa shape index (κ1) is 15.8. The molecular formula is C17H21FN2O3. The lowest BCUT2D eigenvalue weighted by atomic mass is 9.72. The average molecular weight is 320 g/mol. The van der Waals surface area contributed by atoms with Gasteiger partial charge in [0.1, 0.15) is 0 Å². The molecule has 0 saturated carbocycles. The van der Waals surface area contributed by atoms with Gasteiger partial charge in [0.15, 0.2) is 11.6 Å². The molecule has 1 N–H and O–H groups in total. The van der Waals surface area contributed by atoms with Gasteiger partial charge in [-0.1, -0.05) is 0 Å². The number of hydrogen-bond donors (Lipinski definition) is 1. The molecule has 0 bridgehead atoms. The van der Waals surface area contributed by atoms with E-state index in [1.807, 2.05) is 7.05 Å². The Morgan fingerprint density at radius 2 is 1.96 bits per heavy atom. The third-order valence-corrected chi connectivity index (χ3v) is 5.17. The van der Waals surface area contributed by atoms with Crippen molar-refractivity contribution in [3.8, 4) is 5.75 Å². The Labute approximate surface area is 134 Å². The first-order valence-corrected chi connectivity index (χ1v) is 7.92. The van der Waals surface area contributed by atoms with Gasteiger partial charge in [-0.15, -0.1) is 0 Å². The van der Waals surface area contributed by atoms with Gasteiger partial charge in [0.25, 0.3) is 5.91 Å². The van der Waals surface area contributed by atoms with Crippen molar-refractivity contribution in [2.45, 2.75) is 25.7 Å². The van der Waals surface area contributed by atoms with Crippen LogP contribution >= 0.6 is 0 Å². The maximum absolute atomic E-state index is 13.4. The summed E-state index contributed by atoms with van der Waals surface area (Å²) in [5, 5.41) is 9.22. The number of likely N-dealkylation sites (tertiary alicyclic amines) is 2. The maximum atomic E-state index is 13.4. The van der Waals surface area contributed by atoms with E-state index in [9.17, 15) is 19.1 Å². The topological polar surface area (TPSA) is 60.9 Å². The van der Waals surface area contributed by atoms with E-state index >= 15 is 0 Å². The fraction of sp³-hybridized carbons (Fsp3) is 0.529. The van der Waals surface area contributed by atoms with Crippen molar-refractivity contribution in [3.63, 3.8) is 0 Å². The van der Waals surface area contributed by atoms with E-state index in [0.717, 1.165) is 31.9 Å². The van der Waals surface area contributed by atoms with Crippen molar-refractivity contribution in [2.75, 3.05) is 26.7 Å². The summed E-state index contributed by atoms with van der Waals surface area (Å²) in [4.78, 5) is 27.6. The summed E-state index contributed by atoms with van der Waals surface area (Å²) in [6.07, 6.45) is 3.17. The second-order valence-corrected chi connectivity index (χ2v) is 6.71. The molecule has 1 aromatic carbocycles. The molecule has 23 heavy (non-hydrogen) atoms. The molecule has 2 heterocycles. The molecule has 124 valence electrons. The summed E-state index contributed by atoms with van der Waals surface area (Å²) in [6, 6.07) is 3.73. The lowest BCUT2D eigenvalue weighted by Crippen LogP contribution is -2.51. The predicted molar refractivity (Wildman–Crippen MR) is 82.5 cm³/mol. The van der Waals surface area contributed by atoms with Crippen LogP contribution in [0.15, 0.2) is 18.2 Å². The second kappa shape index (κ2) is 5.83. The number of halogens is 1. The van der Waals surface area contributed by atoms with Gasteiger partial charge in [-0.05, 0) is 42.9 Å². The second-order valence-electron chi connectivity index (χ2n) is 6.71. The number of rotatable bonds is 1. The molecular weight excluding hydrogens is 299 g/mol. The monoisotopic (exact) mass is 320 g/mol. The molecule has 0 aromatic heterocycles. The Balaban J connectivity index is 1.65. The zero-order chi connectivity index (χ0) is 16.6. The van der Waals surface area contributed by atoms with Gasteiger partial charge >= 0.3 is 0 Å². The molecule has 2 fully saturated rings. The summed E-state index contributed by atoms with van der Waals surface area (Å²) in [6.45, 7) is 1.98. The van der Waals surface area contributed by atoms with Crippen LogP contribution in [0.2, 0.25) is 0 Å². The summed E-state index contributed by atoms with van der Waals surface area (Å²) in [5.41, 5.74) is 0.367. The highest BCUT2D eigenvalue weighted by molar-refractivity contribution is 5.94. The van der Waals surface area contributed by atoms with Gasteiger partial charge in [0.05, 0.1) is 0 Å². The summed E-state index contributed by atoms with van der Waals surface area (Å²) in [7, 11) is 1.83. The minimum absolute atomic E-state index is 0.111. The largest absolute Gasteiger partial charge is 0.505 e. The Kier molecular flexibility index (Phi) is 4.00. The van der Waals surface area contributed by atoms with E-state index in [2.05, 4.69) is 0 Å². The van der Waals surface area contributed by atoms with Crippen molar-refractivity contribution < 1.29 is 19.1 Å². The number of hydrogen-bond acceptors (Lipinski definition) is 3. The number of phenols is 1.